The molecule has 0 fully saturated rings. The third-order valence-corrected chi connectivity index (χ3v) is 5.18. The van der Waals surface area contributed by atoms with Gasteiger partial charge in [0.15, 0.2) is 0 Å². The number of rotatable bonds is 6. The highest BCUT2D eigenvalue weighted by Gasteiger charge is 2.15. The van der Waals surface area contributed by atoms with E-state index in [2.05, 4.69) is 16.4 Å². The van der Waals surface area contributed by atoms with E-state index in [4.69, 9.17) is 0 Å². The molecule has 0 spiro atoms. The van der Waals surface area contributed by atoms with Crippen molar-refractivity contribution in [1.29, 1.82) is 0 Å². The Hall–Kier alpha value is -2.41. The molecule has 2 N–H and O–H groups in total. The zero-order chi connectivity index (χ0) is 17.6. The zero-order valence-corrected chi connectivity index (χ0v) is 14.7. The fourth-order valence-corrected chi connectivity index (χ4v) is 3.63. The van der Waals surface area contributed by atoms with Crippen LogP contribution < -0.4 is 16.6 Å². The molecule has 3 rings (SSSR count). The maximum absolute atomic E-state index is 12.5. The monoisotopic (exact) mass is 359 g/mol. The normalized spacial score (nSPS) is 14.2. The van der Waals surface area contributed by atoms with E-state index >= 15 is 0 Å². The summed E-state index contributed by atoms with van der Waals surface area (Å²) in [5, 5.41) is 4.66. The molecule has 0 aliphatic heterocycles. The van der Waals surface area contributed by atoms with Crippen LogP contribution in [-0.2, 0) is 6.54 Å². The van der Waals surface area contributed by atoms with Crippen molar-refractivity contribution in [1.82, 2.24) is 14.9 Å². The summed E-state index contributed by atoms with van der Waals surface area (Å²) in [6, 6.07) is 3.71. The maximum atomic E-state index is 12.5. The van der Waals surface area contributed by atoms with Crippen LogP contribution in [0.2, 0.25) is 0 Å². The highest BCUT2D eigenvalue weighted by atomic mass is 32.1. The molecule has 6 nitrogen and oxygen atoms in total. The van der Waals surface area contributed by atoms with Gasteiger partial charge in [0, 0.05) is 17.6 Å². The Kier molecular flexibility index (Phi) is 5.65. The van der Waals surface area contributed by atoms with E-state index in [-0.39, 0.29) is 12.1 Å². The minimum absolute atomic E-state index is 0.0335. The summed E-state index contributed by atoms with van der Waals surface area (Å²) in [5.74, 6) is -0.447. The molecule has 7 heteroatoms. The largest absolute Gasteiger partial charge is 0.351 e. The molecule has 0 saturated carbocycles. The third-order valence-electron chi connectivity index (χ3n) is 4.32. The maximum Gasteiger partial charge on any atom is 0.328 e. The SMILES string of the molecule is O=C(NCCC1=CCCCC1)c1c[nH]c(=O)n(Cc2cccs2)c1=O. The summed E-state index contributed by atoms with van der Waals surface area (Å²) in [6.07, 6.45) is 8.87. The van der Waals surface area contributed by atoms with Gasteiger partial charge in [-0.05, 0) is 43.6 Å². The number of allylic oxidation sites excluding steroid dienone is 1. The van der Waals surface area contributed by atoms with Gasteiger partial charge < -0.3 is 10.3 Å². The van der Waals surface area contributed by atoms with Crippen LogP contribution in [0.4, 0.5) is 0 Å². The number of aromatic nitrogens is 2. The number of hydrogen-bond donors (Lipinski definition) is 2. The molecule has 1 aliphatic carbocycles. The molecule has 25 heavy (non-hydrogen) atoms. The van der Waals surface area contributed by atoms with Crippen molar-refractivity contribution >= 4 is 17.2 Å². The van der Waals surface area contributed by atoms with Gasteiger partial charge in [-0.15, -0.1) is 11.3 Å². The van der Waals surface area contributed by atoms with E-state index in [1.54, 1.807) is 0 Å². The first-order valence-electron chi connectivity index (χ1n) is 8.46. The summed E-state index contributed by atoms with van der Waals surface area (Å²) < 4.78 is 1.06. The number of nitrogens with one attached hydrogen (secondary N) is 2. The van der Waals surface area contributed by atoms with Gasteiger partial charge in [0.2, 0.25) is 0 Å². The number of thiophene rings is 1. The fourth-order valence-electron chi connectivity index (χ4n) is 2.94. The van der Waals surface area contributed by atoms with Gasteiger partial charge in [0.1, 0.15) is 5.56 Å². The van der Waals surface area contributed by atoms with Gasteiger partial charge in [-0.25, -0.2) is 4.79 Å². The van der Waals surface area contributed by atoms with E-state index in [9.17, 15) is 14.4 Å². The van der Waals surface area contributed by atoms with Crippen molar-refractivity contribution in [3.8, 4) is 0 Å². The summed E-state index contributed by atoms with van der Waals surface area (Å²) in [4.78, 5) is 40.1. The van der Waals surface area contributed by atoms with E-state index in [0.717, 1.165) is 28.7 Å². The van der Waals surface area contributed by atoms with Crippen LogP contribution in [0, 0.1) is 0 Å². The molecule has 0 saturated heterocycles. The first-order valence-corrected chi connectivity index (χ1v) is 9.34. The summed E-state index contributed by atoms with van der Waals surface area (Å²) in [6.45, 7) is 0.661. The van der Waals surface area contributed by atoms with Crippen LogP contribution in [0.1, 0.15) is 47.3 Å². The second kappa shape index (κ2) is 8.11. The molecule has 0 radical (unpaired) electrons. The van der Waals surface area contributed by atoms with Crippen molar-refractivity contribution in [2.75, 3.05) is 6.54 Å². The molecule has 0 aromatic carbocycles. The quantitative estimate of drug-likeness (QED) is 0.776. The first kappa shape index (κ1) is 17.4. The van der Waals surface area contributed by atoms with Gasteiger partial charge in [0.05, 0.1) is 6.54 Å². The van der Waals surface area contributed by atoms with Crippen molar-refractivity contribution in [3.05, 3.63) is 66.6 Å². The molecule has 2 heterocycles. The highest BCUT2D eigenvalue weighted by molar-refractivity contribution is 7.09. The molecule has 2 aromatic heterocycles. The van der Waals surface area contributed by atoms with Crippen molar-refractivity contribution in [3.63, 3.8) is 0 Å². The minimum atomic E-state index is -0.563. The van der Waals surface area contributed by atoms with Crippen LogP contribution in [0.15, 0.2) is 44.9 Å². The average molecular weight is 359 g/mol. The Morgan fingerprint density at radius 3 is 2.92 bits per heavy atom. The highest BCUT2D eigenvalue weighted by Crippen LogP contribution is 2.19. The Labute approximate surface area is 149 Å². The number of carbonyl (C=O) groups excluding carboxylic acids is 1. The molecular formula is C18H21N3O3S. The van der Waals surface area contributed by atoms with Gasteiger partial charge in [-0.3, -0.25) is 14.2 Å². The Morgan fingerprint density at radius 2 is 2.20 bits per heavy atom. The van der Waals surface area contributed by atoms with E-state index < -0.39 is 17.2 Å². The second-order valence-corrected chi connectivity index (χ2v) is 7.12. The molecule has 0 unspecified atom stereocenters. The molecule has 0 atom stereocenters. The van der Waals surface area contributed by atoms with Gasteiger partial charge in [-0.1, -0.05) is 17.7 Å². The number of carbonyl (C=O) groups is 1. The standard InChI is InChI=1S/C18H21N3O3S/c22-16(19-9-8-13-5-2-1-3-6-13)15-11-20-18(24)21(17(15)23)12-14-7-4-10-25-14/h4-5,7,10-11H,1-3,6,8-9,12H2,(H,19,22)(H,20,24). The lowest BCUT2D eigenvalue weighted by atomic mass is 9.97. The predicted octanol–water partition coefficient (Wildman–Crippen LogP) is 2.27. The van der Waals surface area contributed by atoms with Crippen LogP contribution in [0.5, 0.6) is 0 Å². The number of aromatic amines is 1. The van der Waals surface area contributed by atoms with Crippen molar-refractivity contribution < 1.29 is 4.79 Å². The fraction of sp³-hybridized carbons (Fsp3) is 0.389. The Bertz CT molecular complexity index is 878. The summed E-state index contributed by atoms with van der Waals surface area (Å²) in [5.41, 5.74) is 0.255. The third kappa shape index (κ3) is 4.36. The molecule has 1 aliphatic rings. The van der Waals surface area contributed by atoms with Gasteiger partial charge in [0.25, 0.3) is 11.5 Å². The lowest BCUT2D eigenvalue weighted by Crippen LogP contribution is -2.40. The van der Waals surface area contributed by atoms with E-state index in [0.29, 0.717) is 6.54 Å². The van der Waals surface area contributed by atoms with Crippen LogP contribution in [0.3, 0.4) is 0 Å². The summed E-state index contributed by atoms with van der Waals surface area (Å²) >= 11 is 1.46. The van der Waals surface area contributed by atoms with Crippen molar-refractivity contribution in [2.24, 2.45) is 0 Å². The second-order valence-electron chi connectivity index (χ2n) is 6.09. The smallest absolute Gasteiger partial charge is 0.328 e. The molecule has 132 valence electrons. The molecule has 1 amide bonds. The number of H-pyrrole nitrogens is 1. The van der Waals surface area contributed by atoms with Gasteiger partial charge in [-0.2, -0.15) is 0 Å². The Morgan fingerprint density at radius 1 is 1.32 bits per heavy atom. The van der Waals surface area contributed by atoms with Crippen LogP contribution >= 0.6 is 11.3 Å². The van der Waals surface area contributed by atoms with Crippen molar-refractivity contribution in [2.45, 2.75) is 38.6 Å². The number of nitrogens with zero attached hydrogens (tertiary/aromatic N) is 1. The predicted molar refractivity (Wildman–Crippen MR) is 98.2 cm³/mol. The lowest BCUT2D eigenvalue weighted by Gasteiger charge is -2.13. The van der Waals surface area contributed by atoms with Gasteiger partial charge >= 0.3 is 5.69 Å². The number of amides is 1. The molecular weight excluding hydrogens is 338 g/mol. The first-order chi connectivity index (χ1) is 12.1. The Balaban J connectivity index is 1.69. The van der Waals surface area contributed by atoms with Crippen LogP contribution in [-0.4, -0.2) is 22.0 Å². The lowest BCUT2D eigenvalue weighted by molar-refractivity contribution is 0.0951. The molecule has 0 bridgehead atoms. The number of hydrogen-bond acceptors (Lipinski definition) is 4. The zero-order valence-electron chi connectivity index (χ0n) is 13.9. The van der Waals surface area contributed by atoms with E-state index in [1.165, 1.54) is 35.9 Å². The molecule has 2 aromatic rings. The average Bonchev–Trinajstić information content (AvgIpc) is 3.12. The topological polar surface area (TPSA) is 84.0 Å². The van der Waals surface area contributed by atoms with Crippen LogP contribution in [0.25, 0.3) is 0 Å². The van der Waals surface area contributed by atoms with E-state index in [1.807, 2.05) is 17.5 Å². The minimum Gasteiger partial charge on any atom is -0.351 e. The summed E-state index contributed by atoms with van der Waals surface area (Å²) in [7, 11) is 0.